The molecule has 0 saturated heterocycles. The molecule has 0 N–H and O–H groups in total. The van der Waals surface area contributed by atoms with Crippen LogP contribution in [0, 0.1) is 0 Å². The van der Waals surface area contributed by atoms with E-state index in [1.807, 2.05) is 22.5 Å². The highest BCUT2D eigenvalue weighted by Gasteiger charge is 2.44. The summed E-state index contributed by atoms with van der Waals surface area (Å²) in [6.45, 7) is 0.640. The molecule has 5 heteroatoms. The molecule has 1 saturated carbocycles. The zero-order valence-corrected chi connectivity index (χ0v) is 15.5. The summed E-state index contributed by atoms with van der Waals surface area (Å²) in [5.74, 6) is 0.824. The van der Waals surface area contributed by atoms with E-state index in [0.29, 0.717) is 11.5 Å². The Morgan fingerprint density at radius 3 is 2.65 bits per heavy atom. The summed E-state index contributed by atoms with van der Waals surface area (Å²) >= 11 is 0. The van der Waals surface area contributed by atoms with E-state index in [0.717, 1.165) is 49.8 Å². The van der Waals surface area contributed by atoms with Crippen LogP contribution in [0.1, 0.15) is 48.4 Å². The topological polar surface area (TPSA) is 46.6 Å². The largest absolute Gasteiger partial charge is 0.493 e. The molecule has 1 fully saturated rings. The fourth-order valence-electron chi connectivity index (χ4n) is 4.39. The van der Waals surface area contributed by atoms with Crippen LogP contribution in [-0.4, -0.2) is 25.4 Å². The zero-order chi connectivity index (χ0) is 17.7. The first kappa shape index (κ1) is 16.3. The maximum atomic E-state index is 13.6. The number of sulfonamides is 1. The van der Waals surface area contributed by atoms with Crippen molar-refractivity contribution in [3.63, 3.8) is 0 Å². The van der Waals surface area contributed by atoms with E-state index in [4.69, 9.17) is 4.74 Å². The van der Waals surface area contributed by atoms with Crippen LogP contribution >= 0.6 is 0 Å². The number of hydrogen-bond acceptors (Lipinski definition) is 3. The van der Waals surface area contributed by atoms with E-state index in [1.165, 1.54) is 11.1 Å². The van der Waals surface area contributed by atoms with Gasteiger partial charge in [-0.2, -0.15) is 4.31 Å². The summed E-state index contributed by atoms with van der Waals surface area (Å²) < 4.78 is 34.6. The van der Waals surface area contributed by atoms with E-state index < -0.39 is 10.0 Å². The maximum Gasteiger partial charge on any atom is 0.243 e. The van der Waals surface area contributed by atoms with E-state index >= 15 is 0 Å². The number of nitrogens with zero attached hydrogens (tertiary/aromatic N) is 1. The molecule has 0 bridgehead atoms. The Balaban J connectivity index is 1.58. The van der Waals surface area contributed by atoms with Gasteiger partial charge >= 0.3 is 0 Å². The van der Waals surface area contributed by atoms with Gasteiger partial charge in [0.05, 0.1) is 17.5 Å². The molecule has 2 aromatic rings. The first-order valence-electron chi connectivity index (χ1n) is 9.52. The maximum absolute atomic E-state index is 13.6. The molecule has 2 aliphatic carbocycles. The molecule has 0 spiro atoms. The SMILES string of the molecule is O=S(=O)(c1ccc2c(c1)CCO2)N(C1CC1)[C@@H]1CCCc2ccccc21. The van der Waals surface area contributed by atoms with Crippen LogP contribution in [0.3, 0.4) is 0 Å². The van der Waals surface area contributed by atoms with Crippen LogP contribution < -0.4 is 4.74 Å². The summed E-state index contributed by atoms with van der Waals surface area (Å²) in [4.78, 5) is 0.414. The summed E-state index contributed by atoms with van der Waals surface area (Å²) in [5.41, 5.74) is 3.50. The predicted octanol–water partition coefficient (Wildman–Crippen LogP) is 3.85. The van der Waals surface area contributed by atoms with Crippen molar-refractivity contribution in [3.8, 4) is 5.75 Å². The van der Waals surface area contributed by atoms with Crippen molar-refractivity contribution in [1.82, 2.24) is 4.31 Å². The number of fused-ring (bicyclic) bond motifs is 2. The van der Waals surface area contributed by atoms with E-state index in [-0.39, 0.29) is 12.1 Å². The molecule has 1 atom stereocenters. The van der Waals surface area contributed by atoms with E-state index in [9.17, 15) is 8.42 Å². The fraction of sp³-hybridized carbons (Fsp3) is 0.429. The number of aryl methyl sites for hydroxylation is 1. The van der Waals surface area contributed by atoms with Gasteiger partial charge in [-0.15, -0.1) is 0 Å². The molecule has 1 aliphatic heterocycles. The first-order chi connectivity index (χ1) is 12.6. The van der Waals surface area contributed by atoms with Crippen molar-refractivity contribution in [2.24, 2.45) is 0 Å². The molecule has 0 unspecified atom stereocenters. The molecule has 26 heavy (non-hydrogen) atoms. The van der Waals surface area contributed by atoms with Crippen LogP contribution in [0.5, 0.6) is 5.75 Å². The van der Waals surface area contributed by atoms with Crippen LogP contribution in [0.25, 0.3) is 0 Å². The minimum Gasteiger partial charge on any atom is -0.493 e. The number of hydrogen-bond donors (Lipinski definition) is 0. The summed E-state index contributed by atoms with van der Waals surface area (Å²) in [7, 11) is -3.52. The Morgan fingerprint density at radius 2 is 1.81 bits per heavy atom. The smallest absolute Gasteiger partial charge is 0.243 e. The molecule has 5 rings (SSSR count). The van der Waals surface area contributed by atoms with E-state index in [1.54, 1.807) is 6.07 Å². The normalized spacial score (nSPS) is 22.0. The van der Waals surface area contributed by atoms with Crippen LogP contribution in [-0.2, 0) is 22.9 Å². The zero-order valence-electron chi connectivity index (χ0n) is 14.7. The third-order valence-corrected chi connectivity index (χ3v) is 7.75. The second kappa shape index (κ2) is 6.10. The Hall–Kier alpha value is -1.85. The van der Waals surface area contributed by atoms with E-state index in [2.05, 4.69) is 18.2 Å². The Morgan fingerprint density at radius 1 is 0.962 bits per heavy atom. The monoisotopic (exact) mass is 369 g/mol. The van der Waals surface area contributed by atoms with Gasteiger partial charge in [-0.25, -0.2) is 8.42 Å². The predicted molar refractivity (Wildman–Crippen MR) is 99.8 cm³/mol. The second-order valence-electron chi connectivity index (χ2n) is 7.54. The number of ether oxygens (including phenoxy) is 1. The molecule has 3 aliphatic rings. The molecule has 0 aromatic heterocycles. The van der Waals surface area contributed by atoms with Crippen molar-refractivity contribution in [2.45, 2.75) is 55.5 Å². The Bertz CT molecular complexity index is 949. The molecule has 0 amide bonds. The van der Waals surface area contributed by atoms with Crippen LogP contribution in [0.4, 0.5) is 0 Å². The van der Waals surface area contributed by atoms with Gasteiger partial charge in [0, 0.05) is 12.5 Å². The molecule has 136 valence electrons. The van der Waals surface area contributed by atoms with Crippen molar-refractivity contribution >= 4 is 10.0 Å². The third kappa shape index (κ3) is 2.65. The number of rotatable bonds is 4. The molecular weight excluding hydrogens is 346 g/mol. The van der Waals surface area contributed by atoms with Crippen molar-refractivity contribution in [1.29, 1.82) is 0 Å². The van der Waals surface area contributed by atoms with Crippen molar-refractivity contribution < 1.29 is 13.2 Å². The van der Waals surface area contributed by atoms with Crippen molar-refractivity contribution in [2.75, 3.05) is 6.61 Å². The quantitative estimate of drug-likeness (QED) is 0.822. The lowest BCUT2D eigenvalue weighted by Gasteiger charge is -2.35. The minimum absolute atomic E-state index is 0.0399. The fourth-order valence-corrected chi connectivity index (χ4v) is 6.32. The van der Waals surface area contributed by atoms with Crippen molar-refractivity contribution in [3.05, 3.63) is 59.2 Å². The van der Waals surface area contributed by atoms with Gasteiger partial charge in [-0.1, -0.05) is 24.3 Å². The van der Waals surface area contributed by atoms with Gasteiger partial charge in [0.25, 0.3) is 0 Å². The van der Waals surface area contributed by atoms with Gasteiger partial charge in [0.15, 0.2) is 0 Å². The summed E-state index contributed by atoms with van der Waals surface area (Å²) in [6.07, 6.45) is 5.70. The summed E-state index contributed by atoms with van der Waals surface area (Å²) in [6, 6.07) is 13.8. The lowest BCUT2D eigenvalue weighted by molar-refractivity contribution is 0.286. The minimum atomic E-state index is -3.52. The third-order valence-electron chi connectivity index (χ3n) is 5.79. The van der Waals surface area contributed by atoms with Gasteiger partial charge < -0.3 is 4.74 Å². The lowest BCUT2D eigenvalue weighted by atomic mass is 9.87. The summed E-state index contributed by atoms with van der Waals surface area (Å²) in [5, 5.41) is 0. The molecular formula is C21H23NO3S. The standard InChI is InChI=1S/C21H23NO3S/c23-26(24,18-10-11-21-16(14-18)12-13-25-21)22(17-8-9-17)20-7-3-5-15-4-1-2-6-19(15)20/h1-2,4,6,10-11,14,17,20H,3,5,7-9,12-13H2/t20-/m1/s1. The molecule has 0 radical (unpaired) electrons. The molecule has 2 aromatic carbocycles. The van der Waals surface area contributed by atoms with Crippen LogP contribution in [0.2, 0.25) is 0 Å². The Kier molecular flexibility index (Phi) is 3.83. The second-order valence-corrected chi connectivity index (χ2v) is 9.38. The van der Waals surface area contributed by atoms with Gasteiger partial charge in [-0.05, 0) is 67.0 Å². The first-order valence-corrected chi connectivity index (χ1v) is 11.0. The van der Waals surface area contributed by atoms with Gasteiger partial charge in [-0.3, -0.25) is 0 Å². The average Bonchev–Trinajstić information content (AvgIpc) is 3.36. The molecule has 4 nitrogen and oxygen atoms in total. The highest BCUT2D eigenvalue weighted by molar-refractivity contribution is 7.89. The molecule has 1 heterocycles. The lowest BCUT2D eigenvalue weighted by Crippen LogP contribution is -2.38. The van der Waals surface area contributed by atoms with Gasteiger partial charge in [0.1, 0.15) is 5.75 Å². The highest BCUT2D eigenvalue weighted by Crippen LogP contribution is 2.44. The van der Waals surface area contributed by atoms with Crippen LogP contribution in [0.15, 0.2) is 47.4 Å². The number of benzene rings is 2. The van der Waals surface area contributed by atoms with Gasteiger partial charge in [0.2, 0.25) is 10.0 Å². The average molecular weight is 369 g/mol. The Labute approximate surface area is 154 Å². The highest BCUT2D eigenvalue weighted by atomic mass is 32.2.